The van der Waals surface area contributed by atoms with Crippen LogP contribution in [0, 0.1) is 6.92 Å². The predicted octanol–water partition coefficient (Wildman–Crippen LogP) is 5.34. The zero-order valence-corrected chi connectivity index (χ0v) is 16.6. The summed E-state index contributed by atoms with van der Waals surface area (Å²) in [4.78, 5) is 18.8. The number of nitrogens with two attached hydrogens (primary N) is 1. The highest BCUT2D eigenvalue weighted by Crippen LogP contribution is 2.34. The van der Waals surface area contributed by atoms with Crippen LogP contribution in [0.3, 0.4) is 0 Å². The Morgan fingerprint density at radius 2 is 1.75 bits per heavy atom. The van der Waals surface area contributed by atoms with Crippen LogP contribution >= 0.6 is 11.3 Å². The highest BCUT2D eigenvalue weighted by atomic mass is 32.1. The molecule has 4 aromatic rings. The van der Waals surface area contributed by atoms with Crippen LogP contribution in [0.5, 0.6) is 0 Å². The molecule has 0 spiro atoms. The molecule has 1 unspecified atom stereocenters. The van der Waals surface area contributed by atoms with Gasteiger partial charge in [-0.1, -0.05) is 60.2 Å². The Morgan fingerprint density at radius 3 is 2.46 bits per heavy atom. The van der Waals surface area contributed by atoms with Crippen molar-refractivity contribution in [1.29, 1.82) is 0 Å². The number of aryl methyl sites for hydroxylation is 1. The average molecular weight is 388 g/mol. The van der Waals surface area contributed by atoms with E-state index >= 15 is 0 Å². The maximum Gasteiger partial charge on any atom is 0.264 e. The number of carbonyl (C=O) groups is 1. The second kappa shape index (κ2) is 7.44. The van der Waals surface area contributed by atoms with Gasteiger partial charge in [0.2, 0.25) is 0 Å². The van der Waals surface area contributed by atoms with Gasteiger partial charge < -0.3 is 11.1 Å². The molecule has 0 aliphatic heterocycles. The molecule has 5 heteroatoms. The SMILES string of the molecule is Cc1ccc(-c2ccc3c(N)c(C(=O)NC(C)c4ccccc4)sc3n2)cc1. The summed E-state index contributed by atoms with van der Waals surface area (Å²) in [5.74, 6) is -0.172. The van der Waals surface area contributed by atoms with Crippen molar-refractivity contribution < 1.29 is 4.79 Å². The summed E-state index contributed by atoms with van der Waals surface area (Å²) in [5, 5.41) is 3.85. The number of hydrogen-bond acceptors (Lipinski definition) is 4. The lowest BCUT2D eigenvalue weighted by molar-refractivity contribution is 0.0945. The number of fused-ring (bicyclic) bond motifs is 1. The topological polar surface area (TPSA) is 68.0 Å². The largest absolute Gasteiger partial charge is 0.397 e. The lowest BCUT2D eigenvalue weighted by atomic mass is 10.1. The standard InChI is InChI=1S/C23H21N3OS/c1-14-8-10-17(11-9-14)19-13-12-18-20(24)21(28-23(18)26-19)22(27)25-15(2)16-6-4-3-5-7-16/h3-13,15H,24H2,1-2H3,(H,25,27). The number of hydrogen-bond donors (Lipinski definition) is 2. The lowest BCUT2D eigenvalue weighted by Gasteiger charge is -2.13. The Labute approximate surface area is 168 Å². The average Bonchev–Trinajstić information content (AvgIpc) is 3.05. The molecule has 140 valence electrons. The van der Waals surface area contributed by atoms with Crippen LogP contribution in [0.2, 0.25) is 0 Å². The fraction of sp³-hybridized carbons (Fsp3) is 0.130. The Balaban J connectivity index is 1.63. The van der Waals surface area contributed by atoms with E-state index in [-0.39, 0.29) is 11.9 Å². The van der Waals surface area contributed by atoms with Crippen molar-refractivity contribution >= 4 is 33.1 Å². The molecule has 1 atom stereocenters. The second-order valence-corrected chi connectivity index (χ2v) is 7.86. The van der Waals surface area contributed by atoms with E-state index in [4.69, 9.17) is 10.7 Å². The number of nitrogen functional groups attached to an aromatic ring is 1. The van der Waals surface area contributed by atoms with E-state index in [9.17, 15) is 4.79 Å². The van der Waals surface area contributed by atoms with Gasteiger partial charge in [0.25, 0.3) is 5.91 Å². The van der Waals surface area contributed by atoms with Crippen molar-refractivity contribution in [3.63, 3.8) is 0 Å². The van der Waals surface area contributed by atoms with Crippen molar-refractivity contribution in [3.05, 3.63) is 82.7 Å². The fourth-order valence-corrected chi connectivity index (χ4v) is 4.14. The smallest absolute Gasteiger partial charge is 0.264 e. The third-order valence-corrected chi connectivity index (χ3v) is 5.91. The number of nitrogens with zero attached hydrogens (tertiary/aromatic N) is 1. The monoisotopic (exact) mass is 387 g/mol. The van der Waals surface area contributed by atoms with Crippen LogP contribution in [0.1, 0.15) is 33.8 Å². The van der Waals surface area contributed by atoms with Crippen molar-refractivity contribution in [2.45, 2.75) is 19.9 Å². The van der Waals surface area contributed by atoms with E-state index in [1.165, 1.54) is 16.9 Å². The maximum absolute atomic E-state index is 12.8. The minimum Gasteiger partial charge on any atom is -0.397 e. The van der Waals surface area contributed by atoms with Crippen molar-refractivity contribution in [2.75, 3.05) is 5.73 Å². The molecule has 2 aromatic heterocycles. The Hall–Kier alpha value is -3.18. The molecule has 2 aromatic carbocycles. The van der Waals surface area contributed by atoms with Gasteiger partial charge in [-0.05, 0) is 31.5 Å². The first-order valence-corrected chi connectivity index (χ1v) is 9.96. The number of aromatic nitrogens is 1. The summed E-state index contributed by atoms with van der Waals surface area (Å²) in [7, 11) is 0. The fourth-order valence-electron chi connectivity index (χ4n) is 3.14. The second-order valence-electron chi connectivity index (χ2n) is 6.87. The highest BCUT2D eigenvalue weighted by molar-refractivity contribution is 7.21. The Bertz CT molecular complexity index is 1130. The van der Waals surface area contributed by atoms with Crippen molar-refractivity contribution in [3.8, 4) is 11.3 Å². The summed E-state index contributed by atoms with van der Waals surface area (Å²) in [5.41, 5.74) is 10.9. The number of anilines is 1. The summed E-state index contributed by atoms with van der Waals surface area (Å²) in [6.45, 7) is 4.02. The van der Waals surface area contributed by atoms with E-state index < -0.39 is 0 Å². The molecule has 1 amide bonds. The van der Waals surface area contributed by atoms with Crippen LogP contribution in [-0.2, 0) is 0 Å². The number of rotatable bonds is 4. The van der Waals surface area contributed by atoms with E-state index in [2.05, 4.69) is 36.5 Å². The molecule has 3 N–H and O–H groups in total. The summed E-state index contributed by atoms with van der Waals surface area (Å²) >= 11 is 1.33. The predicted molar refractivity (Wildman–Crippen MR) is 117 cm³/mol. The van der Waals surface area contributed by atoms with Gasteiger partial charge in [-0.2, -0.15) is 0 Å². The minimum atomic E-state index is -0.172. The van der Waals surface area contributed by atoms with Crippen LogP contribution in [0.4, 0.5) is 5.69 Å². The molecule has 0 aliphatic carbocycles. The van der Waals surface area contributed by atoms with Crippen LogP contribution in [0.25, 0.3) is 21.5 Å². The number of carbonyl (C=O) groups excluding carboxylic acids is 1. The normalized spacial score (nSPS) is 12.1. The Kier molecular flexibility index (Phi) is 4.84. The van der Waals surface area contributed by atoms with Gasteiger partial charge in [0.15, 0.2) is 0 Å². The molecular formula is C23H21N3OS. The number of thiophene rings is 1. The van der Waals surface area contributed by atoms with Crippen LogP contribution < -0.4 is 11.1 Å². The number of nitrogens with one attached hydrogen (secondary N) is 1. The van der Waals surface area contributed by atoms with Gasteiger partial charge in [-0.25, -0.2) is 4.98 Å². The number of pyridine rings is 1. The molecular weight excluding hydrogens is 366 g/mol. The van der Waals surface area contributed by atoms with Gasteiger partial charge in [-0.3, -0.25) is 4.79 Å². The lowest BCUT2D eigenvalue weighted by Crippen LogP contribution is -2.26. The molecule has 28 heavy (non-hydrogen) atoms. The molecule has 0 saturated carbocycles. The number of benzene rings is 2. The molecule has 2 heterocycles. The zero-order chi connectivity index (χ0) is 19.7. The Morgan fingerprint density at radius 1 is 1.04 bits per heavy atom. The van der Waals surface area contributed by atoms with E-state index in [0.717, 1.165) is 27.0 Å². The minimum absolute atomic E-state index is 0.102. The van der Waals surface area contributed by atoms with Crippen LogP contribution in [0.15, 0.2) is 66.7 Å². The summed E-state index contributed by atoms with van der Waals surface area (Å²) < 4.78 is 0. The zero-order valence-electron chi connectivity index (χ0n) is 15.8. The molecule has 4 nitrogen and oxygen atoms in total. The van der Waals surface area contributed by atoms with Gasteiger partial charge >= 0.3 is 0 Å². The molecule has 0 fully saturated rings. The third-order valence-electron chi connectivity index (χ3n) is 4.79. The number of amides is 1. The van der Waals surface area contributed by atoms with Crippen LogP contribution in [-0.4, -0.2) is 10.9 Å². The quantitative estimate of drug-likeness (QED) is 0.496. The first-order valence-electron chi connectivity index (χ1n) is 9.15. The van der Waals surface area contributed by atoms with E-state index in [0.29, 0.717) is 10.6 Å². The molecule has 0 aliphatic rings. The van der Waals surface area contributed by atoms with Gasteiger partial charge in [0, 0.05) is 10.9 Å². The van der Waals surface area contributed by atoms with Gasteiger partial charge in [0.05, 0.1) is 17.4 Å². The van der Waals surface area contributed by atoms with E-state index in [1.807, 2.05) is 49.4 Å². The van der Waals surface area contributed by atoms with E-state index in [1.54, 1.807) is 0 Å². The molecule has 0 radical (unpaired) electrons. The molecule has 4 rings (SSSR count). The van der Waals surface area contributed by atoms with Crippen molar-refractivity contribution in [1.82, 2.24) is 10.3 Å². The van der Waals surface area contributed by atoms with Gasteiger partial charge in [-0.15, -0.1) is 11.3 Å². The van der Waals surface area contributed by atoms with Crippen molar-refractivity contribution in [2.24, 2.45) is 0 Å². The summed E-state index contributed by atoms with van der Waals surface area (Å²) in [6, 6.07) is 21.9. The first-order chi connectivity index (χ1) is 13.5. The summed E-state index contributed by atoms with van der Waals surface area (Å²) in [6.07, 6.45) is 0. The highest BCUT2D eigenvalue weighted by Gasteiger charge is 2.19. The molecule has 0 bridgehead atoms. The van der Waals surface area contributed by atoms with Gasteiger partial charge in [0.1, 0.15) is 9.71 Å². The maximum atomic E-state index is 12.8. The third kappa shape index (κ3) is 3.49. The first kappa shape index (κ1) is 18.2. The molecule has 0 saturated heterocycles.